The fourth-order valence-corrected chi connectivity index (χ4v) is 3.82. The zero-order valence-electron chi connectivity index (χ0n) is 15.5. The average molecular weight is 366 g/mol. The summed E-state index contributed by atoms with van der Waals surface area (Å²) in [4.78, 5) is 27.0. The van der Waals surface area contributed by atoms with E-state index in [2.05, 4.69) is 15.5 Å². The van der Waals surface area contributed by atoms with Crippen LogP contribution in [0.15, 0.2) is 36.5 Å². The number of benzene rings is 1. The summed E-state index contributed by atoms with van der Waals surface area (Å²) in [6, 6.07) is 9.15. The minimum Gasteiger partial charge on any atom is -0.342 e. The third-order valence-electron chi connectivity index (χ3n) is 5.60. The molecule has 27 heavy (non-hydrogen) atoms. The van der Waals surface area contributed by atoms with Gasteiger partial charge in [0, 0.05) is 31.0 Å². The van der Waals surface area contributed by atoms with Gasteiger partial charge in [-0.2, -0.15) is 5.10 Å². The number of hydrogen-bond acceptors (Lipinski definition) is 3. The minimum absolute atomic E-state index is 0.147. The summed E-state index contributed by atoms with van der Waals surface area (Å²) in [5, 5.41) is 10.1. The van der Waals surface area contributed by atoms with Crippen molar-refractivity contribution in [2.75, 3.05) is 18.4 Å². The van der Waals surface area contributed by atoms with E-state index < -0.39 is 0 Å². The van der Waals surface area contributed by atoms with Gasteiger partial charge in [0.1, 0.15) is 0 Å². The van der Waals surface area contributed by atoms with Gasteiger partial charge in [-0.25, -0.2) is 0 Å². The molecule has 2 N–H and O–H groups in total. The second kappa shape index (κ2) is 7.94. The second-order valence-corrected chi connectivity index (χ2v) is 7.68. The quantitative estimate of drug-likeness (QED) is 0.820. The van der Waals surface area contributed by atoms with Crippen molar-refractivity contribution in [3.8, 4) is 0 Å². The van der Waals surface area contributed by atoms with E-state index in [0.29, 0.717) is 24.2 Å². The van der Waals surface area contributed by atoms with Crippen LogP contribution < -0.4 is 5.32 Å². The first-order chi connectivity index (χ1) is 13.2. The molecule has 0 bridgehead atoms. The molecule has 2 aliphatic rings. The molecule has 142 valence electrons. The Bertz CT molecular complexity index is 798. The zero-order chi connectivity index (χ0) is 18.6. The second-order valence-electron chi connectivity index (χ2n) is 7.68. The number of nitrogens with zero attached hydrogens (tertiary/aromatic N) is 2. The van der Waals surface area contributed by atoms with Crippen molar-refractivity contribution < 1.29 is 9.59 Å². The van der Waals surface area contributed by atoms with Crippen molar-refractivity contribution in [3.63, 3.8) is 0 Å². The highest BCUT2D eigenvalue weighted by atomic mass is 16.2. The van der Waals surface area contributed by atoms with Crippen molar-refractivity contribution in [2.45, 2.75) is 44.4 Å². The van der Waals surface area contributed by atoms with Crippen LogP contribution in [0.1, 0.15) is 60.5 Å². The Morgan fingerprint density at radius 2 is 2.00 bits per heavy atom. The van der Waals surface area contributed by atoms with Gasteiger partial charge in [0.15, 0.2) is 0 Å². The molecule has 1 aliphatic heterocycles. The molecule has 6 heteroatoms. The summed E-state index contributed by atoms with van der Waals surface area (Å²) in [7, 11) is 0. The first-order valence-corrected chi connectivity index (χ1v) is 9.88. The number of piperidine rings is 1. The van der Waals surface area contributed by atoms with Crippen LogP contribution in [-0.4, -0.2) is 40.0 Å². The van der Waals surface area contributed by atoms with Gasteiger partial charge in [-0.3, -0.25) is 14.7 Å². The molecule has 1 aromatic heterocycles. The smallest absolute Gasteiger partial charge is 0.255 e. The van der Waals surface area contributed by atoms with Crippen molar-refractivity contribution in [1.29, 1.82) is 0 Å². The predicted octanol–water partition coefficient (Wildman–Crippen LogP) is 3.56. The third kappa shape index (κ3) is 4.38. The van der Waals surface area contributed by atoms with Crippen LogP contribution in [0.5, 0.6) is 0 Å². The monoisotopic (exact) mass is 366 g/mol. The van der Waals surface area contributed by atoms with Gasteiger partial charge in [0.2, 0.25) is 5.91 Å². The number of carbonyl (C=O) groups excluding carboxylic acids is 2. The Morgan fingerprint density at radius 3 is 2.78 bits per heavy atom. The number of rotatable bonds is 6. The standard InChI is InChI=1S/C21H26N4O2/c26-19(11-10-15-8-9-15)25-12-4-7-17(14-25)20-18(13-22-24-20)23-21(27)16-5-2-1-3-6-16/h1-3,5-6,13,15,17H,4,7-12,14H2,(H,22,24)(H,23,27)/t17-/m0/s1. The summed E-state index contributed by atoms with van der Waals surface area (Å²) in [6.45, 7) is 1.53. The number of nitrogens with one attached hydrogen (secondary N) is 2. The van der Waals surface area contributed by atoms with Crippen LogP contribution in [-0.2, 0) is 4.79 Å². The maximum Gasteiger partial charge on any atom is 0.255 e. The molecular formula is C21H26N4O2. The molecule has 2 aromatic rings. The Hall–Kier alpha value is -2.63. The van der Waals surface area contributed by atoms with E-state index >= 15 is 0 Å². The molecule has 6 nitrogen and oxygen atoms in total. The van der Waals surface area contributed by atoms with Gasteiger partial charge in [-0.05, 0) is 37.3 Å². The van der Waals surface area contributed by atoms with Crippen LogP contribution in [0.3, 0.4) is 0 Å². The molecule has 2 amide bonds. The van der Waals surface area contributed by atoms with Crippen molar-refractivity contribution in [3.05, 3.63) is 47.8 Å². The van der Waals surface area contributed by atoms with E-state index in [1.165, 1.54) is 12.8 Å². The number of H-pyrrole nitrogens is 1. The lowest BCUT2D eigenvalue weighted by Gasteiger charge is -2.32. The van der Waals surface area contributed by atoms with Gasteiger partial charge < -0.3 is 10.2 Å². The summed E-state index contributed by atoms with van der Waals surface area (Å²) >= 11 is 0. The number of carbonyl (C=O) groups is 2. The van der Waals surface area contributed by atoms with Crippen molar-refractivity contribution >= 4 is 17.5 Å². The normalized spacial score (nSPS) is 19.7. The Morgan fingerprint density at radius 1 is 1.19 bits per heavy atom. The van der Waals surface area contributed by atoms with Crippen LogP contribution >= 0.6 is 0 Å². The number of anilines is 1. The Kier molecular flexibility index (Phi) is 5.23. The molecule has 0 spiro atoms. The molecule has 1 saturated carbocycles. The SMILES string of the molecule is O=C(Nc1cn[nH]c1[C@H]1CCCN(C(=O)CCC2CC2)C1)c1ccccc1. The molecule has 1 aromatic carbocycles. The average Bonchev–Trinajstić information content (AvgIpc) is 3.43. The first kappa shape index (κ1) is 17.8. The maximum absolute atomic E-state index is 12.5. The highest BCUT2D eigenvalue weighted by Gasteiger charge is 2.29. The molecule has 0 radical (unpaired) electrons. The zero-order valence-corrected chi connectivity index (χ0v) is 15.5. The molecule has 2 fully saturated rings. The van der Waals surface area contributed by atoms with Crippen molar-refractivity contribution in [2.24, 2.45) is 5.92 Å². The first-order valence-electron chi connectivity index (χ1n) is 9.88. The molecule has 0 unspecified atom stereocenters. The van der Waals surface area contributed by atoms with Gasteiger partial charge in [0.25, 0.3) is 5.91 Å². The molecule has 2 heterocycles. The topological polar surface area (TPSA) is 78.1 Å². The molecule has 4 rings (SSSR count). The van der Waals surface area contributed by atoms with Gasteiger partial charge in [0.05, 0.1) is 17.6 Å². The molecular weight excluding hydrogens is 340 g/mol. The number of aromatic amines is 1. The van der Waals surface area contributed by atoms with Crippen molar-refractivity contribution in [1.82, 2.24) is 15.1 Å². The fraction of sp³-hybridized carbons (Fsp3) is 0.476. The van der Waals surface area contributed by atoms with Gasteiger partial charge in [-0.1, -0.05) is 31.0 Å². The Labute approximate surface area is 159 Å². The van der Waals surface area contributed by atoms with Crippen LogP contribution in [0.25, 0.3) is 0 Å². The molecule has 1 aliphatic carbocycles. The van der Waals surface area contributed by atoms with E-state index in [-0.39, 0.29) is 17.7 Å². The van der Waals surface area contributed by atoms with E-state index in [0.717, 1.165) is 37.4 Å². The van der Waals surface area contributed by atoms with Crippen LogP contribution in [0, 0.1) is 5.92 Å². The van der Waals surface area contributed by atoms with Gasteiger partial charge in [-0.15, -0.1) is 0 Å². The lowest BCUT2D eigenvalue weighted by Crippen LogP contribution is -2.39. The molecule has 1 saturated heterocycles. The van der Waals surface area contributed by atoms with Gasteiger partial charge >= 0.3 is 0 Å². The van der Waals surface area contributed by atoms with E-state index in [1.54, 1.807) is 18.3 Å². The number of hydrogen-bond donors (Lipinski definition) is 2. The van der Waals surface area contributed by atoms with E-state index in [9.17, 15) is 9.59 Å². The Balaban J connectivity index is 1.40. The number of likely N-dealkylation sites (tertiary alicyclic amines) is 1. The summed E-state index contributed by atoms with van der Waals surface area (Å²) in [5.41, 5.74) is 2.24. The third-order valence-corrected chi connectivity index (χ3v) is 5.60. The lowest BCUT2D eigenvalue weighted by atomic mass is 9.93. The fourth-order valence-electron chi connectivity index (χ4n) is 3.82. The lowest BCUT2D eigenvalue weighted by molar-refractivity contribution is -0.132. The highest BCUT2D eigenvalue weighted by Crippen LogP contribution is 2.35. The maximum atomic E-state index is 12.5. The summed E-state index contributed by atoms with van der Waals surface area (Å²) < 4.78 is 0. The summed E-state index contributed by atoms with van der Waals surface area (Å²) in [5.74, 6) is 1.08. The largest absolute Gasteiger partial charge is 0.342 e. The van der Waals surface area contributed by atoms with Crippen LogP contribution in [0.4, 0.5) is 5.69 Å². The van der Waals surface area contributed by atoms with E-state index in [4.69, 9.17) is 0 Å². The van der Waals surface area contributed by atoms with Crippen LogP contribution in [0.2, 0.25) is 0 Å². The summed E-state index contributed by atoms with van der Waals surface area (Å²) in [6.07, 6.45) is 7.89. The minimum atomic E-state index is -0.147. The van der Waals surface area contributed by atoms with E-state index in [1.807, 2.05) is 23.1 Å². The number of aromatic nitrogens is 2. The molecule has 1 atom stereocenters. The predicted molar refractivity (Wildman–Crippen MR) is 103 cm³/mol. The highest BCUT2D eigenvalue weighted by molar-refractivity contribution is 6.04. The number of amides is 2.